The van der Waals surface area contributed by atoms with Gasteiger partial charge < -0.3 is 10.2 Å². The Morgan fingerprint density at radius 1 is 1.20 bits per heavy atom. The molecule has 60 valence electrons. The molecule has 0 saturated heterocycles. The van der Waals surface area contributed by atoms with Crippen molar-refractivity contribution in [3.05, 3.63) is 0 Å². The van der Waals surface area contributed by atoms with Gasteiger partial charge in [-0.05, 0) is 25.2 Å². The van der Waals surface area contributed by atoms with Crippen molar-refractivity contribution >= 4 is 0 Å². The number of rotatable bonds is 2. The van der Waals surface area contributed by atoms with Crippen LogP contribution in [0.4, 0.5) is 0 Å². The summed E-state index contributed by atoms with van der Waals surface area (Å²) < 4.78 is 0. The third-order valence-electron chi connectivity index (χ3n) is 2.37. The second-order valence-electron chi connectivity index (χ2n) is 3.12. The molecule has 1 aliphatic carbocycles. The van der Waals surface area contributed by atoms with Crippen molar-refractivity contribution in [1.82, 2.24) is 0 Å². The van der Waals surface area contributed by atoms with Crippen molar-refractivity contribution in [3.63, 3.8) is 0 Å². The van der Waals surface area contributed by atoms with Gasteiger partial charge in [0, 0.05) is 6.61 Å². The molecule has 2 N–H and O–H groups in total. The fourth-order valence-electron chi connectivity index (χ4n) is 1.69. The highest BCUT2D eigenvalue weighted by molar-refractivity contribution is 4.73. The van der Waals surface area contributed by atoms with Crippen LogP contribution in [0.15, 0.2) is 0 Å². The zero-order chi connectivity index (χ0) is 7.40. The highest BCUT2D eigenvalue weighted by Crippen LogP contribution is 2.26. The van der Waals surface area contributed by atoms with E-state index in [0.717, 1.165) is 25.7 Å². The predicted octanol–water partition coefficient (Wildman–Crippen LogP) is 0.920. The molecule has 0 bridgehead atoms. The van der Waals surface area contributed by atoms with E-state index in [4.69, 9.17) is 5.11 Å². The summed E-state index contributed by atoms with van der Waals surface area (Å²) in [5.41, 5.74) is 0. The Labute approximate surface area is 61.9 Å². The minimum atomic E-state index is -0.138. The van der Waals surface area contributed by atoms with E-state index in [2.05, 4.69) is 0 Å². The first-order valence-electron chi connectivity index (χ1n) is 4.13. The number of hydrogen-bond acceptors (Lipinski definition) is 2. The van der Waals surface area contributed by atoms with Gasteiger partial charge in [-0.15, -0.1) is 0 Å². The summed E-state index contributed by atoms with van der Waals surface area (Å²) in [5.74, 6) is 0.374. The van der Waals surface area contributed by atoms with Crippen LogP contribution in [0.25, 0.3) is 0 Å². The summed E-state index contributed by atoms with van der Waals surface area (Å²) in [6, 6.07) is 0. The third kappa shape index (κ3) is 1.96. The number of aliphatic hydroxyl groups excluding tert-OH is 2. The summed E-state index contributed by atoms with van der Waals surface area (Å²) in [4.78, 5) is 0. The van der Waals surface area contributed by atoms with E-state index in [1.54, 1.807) is 0 Å². The maximum atomic E-state index is 9.39. The minimum Gasteiger partial charge on any atom is -0.396 e. The summed E-state index contributed by atoms with van der Waals surface area (Å²) in [7, 11) is 0. The normalized spacial score (nSPS) is 34.2. The Kier molecular flexibility index (Phi) is 3.16. The van der Waals surface area contributed by atoms with Crippen LogP contribution in [0.2, 0.25) is 0 Å². The molecular weight excluding hydrogens is 128 g/mol. The quantitative estimate of drug-likeness (QED) is 0.605. The largest absolute Gasteiger partial charge is 0.396 e. The van der Waals surface area contributed by atoms with Crippen LogP contribution in [0.3, 0.4) is 0 Å². The topological polar surface area (TPSA) is 40.5 Å². The minimum absolute atomic E-state index is 0.138. The van der Waals surface area contributed by atoms with Crippen LogP contribution < -0.4 is 0 Å². The van der Waals surface area contributed by atoms with Crippen molar-refractivity contribution in [1.29, 1.82) is 0 Å². The molecule has 0 spiro atoms. The Morgan fingerprint density at radius 3 is 2.50 bits per heavy atom. The first kappa shape index (κ1) is 8.02. The van der Waals surface area contributed by atoms with Crippen LogP contribution in [0, 0.1) is 5.92 Å². The van der Waals surface area contributed by atoms with Gasteiger partial charge in [-0.1, -0.05) is 12.8 Å². The van der Waals surface area contributed by atoms with E-state index in [0.29, 0.717) is 5.92 Å². The second kappa shape index (κ2) is 3.94. The van der Waals surface area contributed by atoms with E-state index in [1.807, 2.05) is 0 Å². The van der Waals surface area contributed by atoms with Gasteiger partial charge in [-0.2, -0.15) is 0 Å². The van der Waals surface area contributed by atoms with Gasteiger partial charge in [-0.25, -0.2) is 0 Å². The average Bonchev–Trinajstić information content (AvgIpc) is 1.94. The smallest absolute Gasteiger partial charge is 0.0569 e. The predicted molar refractivity (Wildman–Crippen MR) is 39.7 cm³/mol. The molecule has 2 heteroatoms. The van der Waals surface area contributed by atoms with Crippen molar-refractivity contribution in [2.45, 2.75) is 38.2 Å². The van der Waals surface area contributed by atoms with Crippen LogP contribution >= 0.6 is 0 Å². The third-order valence-corrected chi connectivity index (χ3v) is 2.37. The van der Waals surface area contributed by atoms with E-state index >= 15 is 0 Å². The van der Waals surface area contributed by atoms with Crippen LogP contribution in [0.1, 0.15) is 32.1 Å². The number of aliphatic hydroxyl groups is 2. The highest BCUT2D eigenvalue weighted by atomic mass is 16.3. The molecular formula is C8H16O2. The molecule has 1 rings (SSSR count). The van der Waals surface area contributed by atoms with Gasteiger partial charge in [0.25, 0.3) is 0 Å². The molecule has 0 heterocycles. The van der Waals surface area contributed by atoms with Crippen molar-refractivity contribution < 1.29 is 10.2 Å². The molecule has 1 fully saturated rings. The summed E-state index contributed by atoms with van der Waals surface area (Å²) in [6.07, 6.45) is 5.05. The molecule has 0 unspecified atom stereocenters. The van der Waals surface area contributed by atoms with E-state index < -0.39 is 0 Å². The van der Waals surface area contributed by atoms with Crippen LogP contribution in [0.5, 0.6) is 0 Å². The fraction of sp³-hybridized carbons (Fsp3) is 1.00. The zero-order valence-electron chi connectivity index (χ0n) is 6.29. The van der Waals surface area contributed by atoms with Gasteiger partial charge in [-0.3, -0.25) is 0 Å². The molecule has 1 aliphatic rings. The van der Waals surface area contributed by atoms with Gasteiger partial charge in [0.1, 0.15) is 0 Å². The van der Waals surface area contributed by atoms with Crippen LogP contribution in [-0.2, 0) is 0 Å². The molecule has 0 aliphatic heterocycles. The van der Waals surface area contributed by atoms with Gasteiger partial charge in [0.2, 0.25) is 0 Å². The first-order chi connectivity index (χ1) is 4.84. The molecule has 1 saturated carbocycles. The molecule has 10 heavy (non-hydrogen) atoms. The lowest BCUT2D eigenvalue weighted by Crippen LogP contribution is -2.25. The van der Waals surface area contributed by atoms with Crippen molar-refractivity contribution in [2.75, 3.05) is 6.61 Å². The maximum Gasteiger partial charge on any atom is 0.0569 e. The molecule has 2 atom stereocenters. The lowest BCUT2D eigenvalue weighted by Gasteiger charge is -2.26. The Balaban J connectivity index is 2.25. The Morgan fingerprint density at radius 2 is 1.90 bits per heavy atom. The molecule has 0 aromatic rings. The van der Waals surface area contributed by atoms with E-state index in [-0.39, 0.29) is 12.7 Å². The first-order valence-corrected chi connectivity index (χ1v) is 4.13. The summed E-state index contributed by atoms with van der Waals surface area (Å²) in [6.45, 7) is 0.224. The molecule has 0 aromatic heterocycles. The average molecular weight is 144 g/mol. The maximum absolute atomic E-state index is 9.39. The van der Waals surface area contributed by atoms with Gasteiger partial charge in [0.05, 0.1) is 6.10 Å². The van der Waals surface area contributed by atoms with E-state index in [1.165, 1.54) is 6.42 Å². The lowest BCUT2D eigenvalue weighted by atomic mass is 9.85. The van der Waals surface area contributed by atoms with Crippen molar-refractivity contribution in [3.8, 4) is 0 Å². The lowest BCUT2D eigenvalue weighted by molar-refractivity contribution is 0.0551. The Bertz CT molecular complexity index is 91.3. The van der Waals surface area contributed by atoms with Crippen LogP contribution in [-0.4, -0.2) is 22.9 Å². The summed E-state index contributed by atoms with van der Waals surface area (Å²) in [5, 5.41) is 18.0. The summed E-state index contributed by atoms with van der Waals surface area (Å²) >= 11 is 0. The van der Waals surface area contributed by atoms with Gasteiger partial charge >= 0.3 is 0 Å². The SMILES string of the molecule is OCC[C@@H]1CCCC[C@H]1O. The van der Waals surface area contributed by atoms with Gasteiger partial charge in [0.15, 0.2) is 0 Å². The second-order valence-corrected chi connectivity index (χ2v) is 3.12. The molecule has 0 amide bonds. The number of hydrogen-bond donors (Lipinski definition) is 2. The zero-order valence-corrected chi connectivity index (χ0v) is 6.29. The Hall–Kier alpha value is -0.0800. The molecule has 0 radical (unpaired) electrons. The van der Waals surface area contributed by atoms with E-state index in [9.17, 15) is 5.11 Å². The molecule has 0 aromatic carbocycles. The monoisotopic (exact) mass is 144 g/mol. The molecule has 2 nitrogen and oxygen atoms in total. The van der Waals surface area contributed by atoms with Crippen molar-refractivity contribution in [2.24, 2.45) is 5.92 Å². The standard InChI is InChI=1S/C8H16O2/c9-6-5-7-3-1-2-4-8(7)10/h7-10H,1-6H2/t7-,8+/m0/s1. The fourth-order valence-corrected chi connectivity index (χ4v) is 1.69. The highest BCUT2D eigenvalue weighted by Gasteiger charge is 2.21.